The van der Waals surface area contributed by atoms with Crippen LogP contribution in [0.15, 0.2) is 36.4 Å². The highest BCUT2D eigenvalue weighted by Gasteiger charge is 2.28. The van der Waals surface area contributed by atoms with Crippen LogP contribution in [0.1, 0.15) is 23.7 Å². The maximum Gasteiger partial charge on any atom is 0.329 e. The number of benzene rings is 2. The highest BCUT2D eigenvalue weighted by atomic mass is 35.5. The molecule has 188 valence electrons. The van der Waals surface area contributed by atoms with Gasteiger partial charge in [-0.05, 0) is 49.6 Å². The largest absolute Gasteiger partial charge is 0.495 e. The number of methoxy groups -OCH3 is 1. The predicted molar refractivity (Wildman–Crippen MR) is 135 cm³/mol. The van der Waals surface area contributed by atoms with Gasteiger partial charge in [-0.3, -0.25) is 19.7 Å². The SMILES string of the molecule is COc1ccc([N+](=O)[O-])cc1NC(=O)C(C)OC(=O)C(CCSC)NC(=O)c1ccc(Cl)cc1Cl. The number of non-ortho nitro benzene ring substituents is 1. The van der Waals surface area contributed by atoms with Gasteiger partial charge in [-0.1, -0.05) is 23.2 Å². The summed E-state index contributed by atoms with van der Waals surface area (Å²) >= 11 is 13.4. The van der Waals surface area contributed by atoms with Crippen LogP contribution in [0.3, 0.4) is 0 Å². The summed E-state index contributed by atoms with van der Waals surface area (Å²) in [6.07, 6.45) is 0.798. The molecule has 2 aromatic rings. The molecule has 2 atom stereocenters. The number of esters is 1. The lowest BCUT2D eigenvalue weighted by Crippen LogP contribution is -2.44. The third kappa shape index (κ3) is 8.01. The number of thioether (sulfide) groups is 1. The molecular formula is C22H23Cl2N3O7S. The zero-order valence-electron chi connectivity index (χ0n) is 19.0. The predicted octanol–water partition coefficient (Wildman–Crippen LogP) is 4.33. The first kappa shape index (κ1) is 28.2. The summed E-state index contributed by atoms with van der Waals surface area (Å²) in [4.78, 5) is 48.5. The second-order valence-electron chi connectivity index (χ2n) is 7.14. The molecule has 2 unspecified atom stereocenters. The molecule has 0 aliphatic rings. The zero-order valence-corrected chi connectivity index (χ0v) is 21.3. The van der Waals surface area contributed by atoms with Gasteiger partial charge in [0.1, 0.15) is 11.8 Å². The quantitative estimate of drug-likeness (QED) is 0.242. The molecule has 0 aromatic heterocycles. The number of nitro benzene ring substituents is 1. The summed E-state index contributed by atoms with van der Waals surface area (Å²) < 4.78 is 10.4. The Hall–Kier alpha value is -3.02. The number of anilines is 1. The Morgan fingerprint density at radius 1 is 1.17 bits per heavy atom. The first-order valence-corrected chi connectivity index (χ1v) is 12.3. The molecule has 0 aliphatic carbocycles. The Morgan fingerprint density at radius 3 is 2.49 bits per heavy atom. The Balaban J connectivity index is 2.11. The van der Waals surface area contributed by atoms with Gasteiger partial charge in [-0.15, -0.1) is 0 Å². The number of nitro groups is 1. The number of carbonyl (C=O) groups is 3. The van der Waals surface area contributed by atoms with E-state index in [-0.39, 0.29) is 34.1 Å². The number of nitrogens with zero attached hydrogens (tertiary/aromatic N) is 1. The summed E-state index contributed by atoms with van der Waals surface area (Å²) in [5.74, 6) is -1.46. The van der Waals surface area contributed by atoms with Crippen LogP contribution in [0, 0.1) is 10.1 Å². The van der Waals surface area contributed by atoms with E-state index in [9.17, 15) is 24.5 Å². The highest BCUT2D eigenvalue weighted by molar-refractivity contribution is 7.98. The van der Waals surface area contributed by atoms with Crippen molar-refractivity contribution in [2.75, 3.05) is 24.4 Å². The van der Waals surface area contributed by atoms with Gasteiger partial charge >= 0.3 is 5.97 Å². The summed E-state index contributed by atoms with van der Waals surface area (Å²) in [5, 5.41) is 16.5. The maximum absolute atomic E-state index is 12.8. The molecule has 0 fully saturated rings. The molecule has 0 bridgehead atoms. The monoisotopic (exact) mass is 543 g/mol. The van der Waals surface area contributed by atoms with Gasteiger partial charge in [0.25, 0.3) is 17.5 Å². The van der Waals surface area contributed by atoms with Crippen molar-refractivity contribution in [3.05, 3.63) is 62.1 Å². The molecule has 0 spiro atoms. The van der Waals surface area contributed by atoms with Crippen molar-refractivity contribution >= 4 is 64.1 Å². The van der Waals surface area contributed by atoms with Crippen molar-refractivity contribution in [3.8, 4) is 5.75 Å². The Labute approximate surface area is 215 Å². The summed E-state index contributed by atoms with van der Waals surface area (Å²) in [7, 11) is 1.34. The van der Waals surface area contributed by atoms with Gasteiger partial charge in [-0.2, -0.15) is 11.8 Å². The van der Waals surface area contributed by atoms with Crippen molar-refractivity contribution in [1.29, 1.82) is 0 Å². The van der Waals surface area contributed by atoms with E-state index < -0.39 is 34.9 Å². The van der Waals surface area contributed by atoms with E-state index in [4.69, 9.17) is 32.7 Å². The number of amides is 2. The minimum atomic E-state index is -1.28. The average Bonchev–Trinajstić information content (AvgIpc) is 2.81. The lowest BCUT2D eigenvalue weighted by Gasteiger charge is -2.21. The number of carbonyl (C=O) groups excluding carboxylic acids is 3. The standard InChI is InChI=1S/C22H23Cl2N3O7S/c1-12(20(28)26-18-11-14(27(31)32)5-7-19(18)33-2)34-22(30)17(8-9-35-3)25-21(29)15-6-4-13(23)10-16(15)24/h4-7,10-12,17H,8-9H2,1-3H3,(H,25,29)(H,26,28). The third-order valence-electron chi connectivity index (χ3n) is 4.69. The van der Waals surface area contributed by atoms with Gasteiger partial charge in [-0.25, -0.2) is 4.79 Å². The van der Waals surface area contributed by atoms with Crippen molar-refractivity contribution in [2.45, 2.75) is 25.5 Å². The fraction of sp³-hybridized carbons (Fsp3) is 0.318. The Morgan fingerprint density at radius 2 is 1.89 bits per heavy atom. The maximum atomic E-state index is 12.8. The second-order valence-corrected chi connectivity index (χ2v) is 8.97. The van der Waals surface area contributed by atoms with Crippen LogP contribution >= 0.6 is 35.0 Å². The average molecular weight is 544 g/mol. The number of nitrogens with one attached hydrogen (secondary N) is 2. The summed E-state index contributed by atoms with van der Waals surface area (Å²) in [6.45, 7) is 1.33. The second kappa shape index (κ2) is 13.2. The fourth-order valence-electron chi connectivity index (χ4n) is 2.85. The first-order chi connectivity index (χ1) is 16.6. The van der Waals surface area contributed by atoms with E-state index in [1.165, 1.54) is 56.1 Å². The number of hydrogen-bond donors (Lipinski definition) is 2. The fourth-order valence-corrected chi connectivity index (χ4v) is 3.81. The van der Waals surface area contributed by atoms with E-state index in [0.717, 1.165) is 6.07 Å². The summed E-state index contributed by atoms with van der Waals surface area (Å²) in [6, 6.07) is 6.96. The molecule has 35 heavy (non-hydrogen) atoms. The van der Waals surface area contributed by atoms with E-state index in [2.05, 4.69) is 10.6 Å². The first-order valence-electron chi connectivity index (χ1n) is 10.2. The van der Waals surface area contributed by atoms with E-state index in [1.807, 2.05) is 6.26 Å². The number of hydrogen-bond acceptors (Lipinski definition) is 8. The molecule has 2 rings (SSSR count). The van der Waals surface area contributed by atoms with Crippen LogP contribution in [0.25, 0.3) is 0 Å². The molecule has 13 heteroatoms. The lowest BCUT2D eigenvalue weighted by atomic mass is 10.1. The number of halogens is 2. The van der Waals surface area contributed by atoms with Gasteiger partial charge in [0.15, 0.2) is 6.10 Å². The van der Waals surface area contributed by atoms with Crippen LogP contribution in [-0.2, 0) is 14.3 Å². The number of rotatable bonds is 11. The smallest absolute Gasteiger partial charge is 0.329 e. The third-order valence-corrected chi connectivity index (χ3v) is 5.88. The molecule has 0 aliphatic heterocycles. The van der Waals surface area contributed by atoms with Crippen molar-refractivity contribution < 1.29 is 28.8 Å². The van der Waals surface area contributed by atoms with Gasteiger partial charge in [0, 0.05) is 17.2 Å². The zero-order chi connectivity index (χ0) is 26.1. The van der Waals surface area contributed by atoms with Crippen LogP contribution < -0.4 is 15.4 Å². The molecule has 0 heterocycles. The molecule has 0 saturated heterocycles. The van der Waals surface area contributed by atoms with Crippen molar-refractivity contribution in [2.24, 2.45) is 0 Å². The summed E-state index contributed by atoms with van der Waals surface area (Å²) in [5.41, 5.74) is -0.0905. The van der Waals surface area contributed by atoms with E-state index in [1.54, 1.807) is 0 Å². The highest BCUT2D eigenvalue weighted by Crippen LogP contribution is 2.29. The Kier molecular flexibility index (Phi) is 10.6. The molecule has 2 N–H and O–H groups in total. The molecule has 0 radical (unpaired) electrons. The minimum Gasteiger partial charge on any atom is -0.495 e. The van der Waals surface area contributed by atoms with Crippen LogP contribution in [-0.4, -0.2) is 54.0 Å². The van der Waals surface area contributed by atoms with Gasteiger partial charge in [0.05, 0.1) is 28.3 Å². The van der Waals surface area contributed by atoms with Gasteiger partial charge < -0.3 is 20.1 Å². The Bertz CT molecular complexity index is 1120. The van der Waals surface area contributed by atoms with E-state index >= 15 is 0 Å². The minimum absolute atomic E-state index is 0.0409. The molecule has 0 saturated carbocycles. The number of ether oxygens (including phenoxy) is 2. The normalized spacial score (nSPS) is 12.3. The molecule has 10 nitrogen and oxygen atoms in total. The van der Waals surface area contributed by atoms with Gasteiger partial charge in [0.2, 0.25) is 0 Å². The van der Waals surface area contributed by atoms with E-state index in [0.29, 0.717) is 10.8 Å². The molecule has 2 amide bonds. The van der Waals surface area contributed by atoms with Crippen LogP contribution in [0.5, 0.6) is 5.75 Å². The van der Waals surface area contributed by atoms with Crippen LogP contribution in [0.4, 0.5) is 11.4 Å². The lowest BCUT2D eigenvalue weighted by molar-refractivity contribution is -0.384. The topological polar surface area (TPSA) is 137 Å². The molecular weight excluding hydrogens is 521 g/mol. The molecule has 2 aromatic carbocycles. The van der Waals surface area contributed by atoms with Crippen molar-refractivity contribution in [3.63, 3.8) is 0 Å². The van der Waals surface area contributed by atoms with Crippen LogP contribution in [0.2, 0.25) is 10.0 Å². The van der Waals surface area contributed by atoms with Crippen molar-refractivity contribution in [1.82, 2.24) is 5.32 Å².